The van der Waals surface area contributed by atoms with E-state index in [4.69, 9.17) is 11.6 Å². The van der Waals surface area contributed by atoms with Crippen LogP contribution in [0, 0.1) is 0 Å². The highest BCUT2D eigenvalue weighted by atomic mass is 35.5. The molecule has 17 heavy (non-hydrogen) atoms. The summed E-state index contributed by atoms with van der Waals surface area (Å²) in [6.07, 6.45) is 3.31. The summed E-state index contributed by atoms with van der Waals surface area (Å²) >= 11 is 7.44. The van der Waals surface area contributed by atoms with Crippen LogP contribution in [0.25, 0.3) is 16.0 Å². The van der Waals surface area contributed by atoms with E-state index in [1.807, 2.05) is 11.4 Å². The first-order valence-electron chi connectivity index (χ1n) is 4.91. The van der Waals surface area contributed by atoms with Crippen molar-refractivity contribution in [2.24, 2.45) is 0 Å². The van der Waals surface area contributed by atoms with Crippen molar-refractivity contribution in [1.29, 1.82) is 0 Å². The van der Waals surface area contributed by atoms with Gasteiger partial charge in [-0.1, -0.05) is 11.6 Å². The van der Waals surface area contributed by atoms with Crippen molar-refractivity contribution in [3.05, 3.63) is 28.9 Å². The number of halogens is 1. The van der Waals surface area contributed by atoms with Crippen LogP contribution in [0.15, 0.2) is 23.8 Å². The number of anilines is 1. The zero-order valence-electron chi connectivity index (χ0n) is 8.88. The van der Waals surface area contributed by atoms with Crippen molar-refractivity contribution >= 4 is 39.1 Å². The zero-order valence-corrected chi connectivity index (χ0v) is 10.5. The van der Waals surface area contributed by atoms with Gasteiger partial charge in [-0.25, -0.2) is 9.67 Å². The van der Waals surface area contributed by atoms with Gasteiger partial charge >= 0.3 is 0 Å². The maximum Gasteiger partial charge on any atom is 0.225 e. The van der Waals surface area contributed by atoms with Gasteiger partial charge in [0, 0.05) is 7.05 Å². The van der Waals surface area contributed by atoms with Crippen LogP contribution in [0.3, 0.4) is 0 Å². The summed E-state index contributed by atoms with van der Waals surface area (Å²) in [5.41, 5.74) is 0. The molecular formula is C10H8ClN5S. The third-order valence-electron chi connectivity index (χ3n) is 2.30. The molecule has 5 nitrogen and oxygen atoms in total. The molecule has 0 aromatic carbocycles. The van der Waals surface area contributed by atoms with E-state index >= 15 is 0 Å². The van der Waals surface area contributed by atoms with E-state index in [2.05, 4.69) is 20.4 Å². The van der Waals surface area contributed by atoms with E-state index in [0.29, 0.717) is 11.0 Å². The lowest BCUT2D eigenvalue weighted by atomic mass is 10.4. The van der Waals surface area contributed by atoms with Crippen LogP contribution in [-0.2, 0) is 0 Å². The highest BCUT2D eigenvalue weighted by molar-refractivity contribution is 7.16. The number of nitrogens with one attached hydrogen (secondary N) is 1. The van der Waals surface area contributed by atoms with Crippen LogP contribution in [0.1, 0.15) is 0 Å². The predicted molar refractivity (Wildman–Crippen MR) is 69.1 cm³/mol. The van der Waals surface area contributed by atoms with Crippen molar-refractivity contribution in [3.8, 4) is 5.82 Å². The molecule has 0 aliphatic carbocycles. The van der Waals surface area contributed by atoms with Gasteiger partial charge in [-0.15, -0.1) is 11.3 Å². The number of thiophene rings is 1. The number of aromatic nitrogens is 4. The zero-order chi connectivity index (χ0) is 11.8. The fourth-order valence-electron chi connectivity index (χ4n) is 1.54. The molecule has 0 atom stereocenters. The largest absolute Gasteiger partial charge is 0.357 e. The van der Waals surface area contributed by atoms with Crippen molar-refractivity contribution in [1.82, 2.24) is 19.7 Å². The first-order valence-corrected chi connectivity index (χ1v) is 6.17. The molecule has 0 saturated carbocycles. The fourth-order valence-corrected chi connectivity index (χ4v) is 2.44. The number of rotatable bonds is 2. The van der Waals surface area contributed by atoms with Crippen LogP contribution in [-0.4, -0.2) is 26.8 Å². The molecule has 3 heterocycles. The normalized spacial score (nSPS) is 10.9. The van der Waals surface area contributed by atoms with Crippen LogP contribution < -0.4 is 5.32 Å². The molecule has 86 valence electrons. The van der Waals surface area contributed by atoms with Gasteiger partial charge in [-0.3, -0.25) is 0 Å². The van der Waals surface area contributed by atoms with Gasteiger partial charge in [0.1, 0.15) is 4.83 Å². The highest BCUT2D eigenvalue weighted by Crippen LogP contribution is 2.25. The van der Waals surface area contributed by atoms with Gasteiger partial charge in [-0.2, -0.15) is 10.1 Å². The molecule has 0 spiro atoms. The van der Waals surface area contributed by atoms with Gasteiger partial charge in [0.15, 0.2) is 5.82 Å². The lowest BCUT2D eigenvalue weighted by molar-refractivity contribution is 0.853. The first-order chi connectivity index (χ1) is 8.28. The number of hydrogen-bond acceptors (Lipinski definition) is 5. The summed E-state index contributed by atoms with van der Waals surface area (Å²) in [5.74, 6) is 1.30. The van der Waals surface area contributed by atoms with Crippen LogP contribution >= 0.6 is 22.9 Å². The van der Waals surface area contributed by atoms with E-state index in [-0.39, 0.29) is 0 Å². The number of nitrogens with zero attached hydrogens (tertiary/aromatic N) is 4. The average molecular weight is 266 g/mol. The average Bonchev–Trinajstić information content (AvgIpc) is 2.95. The Morgan fingerprint density at radius 1 is 1.41 bits per heavy atom. The minimum atomic E-state index is 0.571. The van der Waals surface area contributed by atoms with Crippen LogP contribution in [0.2, 0.25) is 5.02 Å². The van der Waals surface area contributed by atoms with Gasteiger partial charge in [-0.05, 0) is 11.4 Å². The third kappa shape index (κ3) is 1.75. The minimum absolute atomic E-state index is 0.571. The quantitative estimate of drug-likeness (QED) is 0.774. The molecule has 0 unspecified atom stereocenters. The molecule has 0 bridgehead atoms. The number of fused-ring (bicyclic) bond motifs is 1. The summed E-state index contributed by atoms with van der Waals surface area (Å²) in [4.78, 5) is 9.69. The summed E-state index contributed by atoms with van der Waals surface area (Å²) < 4.78 is 1.65. The molecular weight excluding hydrogens is 258 g/mol. The predicted octanol–water partition coefficient (Wildman–Crippen LogP) is 2.57. The lowest BCUT2D eigenvalue weighted by Gasteiger charge is -2.04. The molecule has 7 heteroatoms. The Morgan fingerprint density at radius 2 is 2.29 bits per heavy atom. The second kappa shape index (κ2) is 3.97. The summed E-state index contributed by atoms with van der Waals surface area (Å²) in [6, 6.07) is 1.98. The Kier molecular flexibility index (Phi) is 2.45. The van der Waals surface area contributed by atoms with E-state index < -0.39 is 0 Å². The molecule has 3 rings (SSSR count). The molecule has 0 aliphatic heterocycles. The maximum atomic E-state index is 5.87. The van der Waals surface area contributed by atoms with Crippen molar-refractivity contribution < 1.29 is 0 Å². The fraction of sp³-hybridized carbons (Fsp3) is 0.100. The van der Waals surface area contributed by atoms with Crippen LogP contribution in [0.5, 0.6) is 0 Å². The van der Waals surface area contributed by atoms with Crippen molar-refractivity contribution in [2.45, 2.75) is 0 Å². The highest BCUT2D eigenvalue weighted by Gasteiger charge is 2.10. The summed E-state index contributed by atoms with van der Waals surface area (Å²) in [5, 5.41) is 10.6. The Balaban J connectivity index is 2.29. The van der Waals surface area contributed by atoms with E-state index in [0.717, 1.165) is 16.0 Å². The van der Waals surface area contributed by atoms with Crippen molar-refractivity contribution in [3.63, 3.8) is 0 Å². The third-order valence-corrected chi connectivity index (χ3v) is 3.30. The molecule has 0 fully saturated rings. The molecule has 0 radical (unpaired) electrons. The Morgan fingerprint density at radius 3 is 3.00 bits per heavy atom. The van der Waals surface area contributed by atoms with E-state index in [1.165, 1.54) is 0 Å². The topological polar surface area (TPSA) is 55.6 Å². The summed E-state index contributed by atoms with van der Waals surface area (Å²) in [7, 11) is 1.79. The van der Waals surface area contributed by atoms with Gasteiger partial charge in [0.25, 0.3) is 0 Å². The Labute approximate surface area is 106 Å². The van der Waals surface area contributed by atoms with E-state index in [1.54, 1.807) is 35.5 Å². The van der Waals surface area contributed by atoms with Crippen LogP contribution in [0.4, 0.5) is 5.95 Å². The van der Waals surface area contributed by atoms with Crippen molar-refractivity contribution in [2.75, 3.05) is 12.4 Å². The Hall–Kier alpha value is -1.66. The van der Waals surface area contributed by atoms with Gasteiger partial charge in [0.2, 0.25) is 5.95 Å². The molecule has 3 aromatic heterocycles. The second-order valence-corrected chi connectivity index (χ2v) is 4.69. The monoisotopic (exact) mass is 265 g/mol. The Bertz CT molecular complexity index is 674. The standard InChI is InChI=1S/C10H8ClN5S/c1-12-10-14-8(16-5-6(11)4-13-16)7-2-3-17-9(7)15-10/h2-5H,1H3,(H,12,14,15). The van der Waals surface area contributed by atoms with Gasteiger partial charge in [0.05, 0.1) is 22.8 Å². The molecule has 0 saturated heterocycles. The molecule has 0 amide bonds. The summed E-state index contributed by atoms with van der Waals surface area (Å²) in [6.45, 7) is 0. The molecule has 1 N–H and O–H groups in total. The smallest absolute Gasteiger partial charge is 0.225 e. The SMILES string of the molecule is CNc1nc(-n2cc(Cl)cn2)c2ccsc2n1. The second-order valence-electron chi connectivity index (χ2n) is 3.36. The van der Waals surface area contributed by atoms with E-state index in [9.17, 15) is 0 Å². The lowest BCUT2D eigenvalue weighted by Crippen LogP contribution is -2.03. The maximum absolute atomic E-state index is 5.87. The minimum Gasteiger partial charge on any atom is -0.357 e. The first kappa shape index (κ1) is 10.5. The molecule has 3 aromatic rings. The number of hydrogen-bond donors (Lipinski definition) is 1. The van der Waals surface area contributed by atoms with Gasteiger partial charge < -0.3 is 5.32 Å². The molecule has 0 aliphatic rings.